The summed E-state index contributed by atoms with van der Waals surface area (Å²) in [4.78, 5) is 0. The van der Waals surface area contributed by atoms with Gasteiger partial charge in [-0.2, -0.15) is 0 Å². The van der Waals surface area contributed by atoms with Crippen molar-refractivity contribution >= 4 is 0 Å². The Balaban J connectivity index is 2.21. The van der Waals surface area contributed by atoms with E-state index in [2.05, 4.69) is 33.0 Å². The van der Waals surface area contributed by atoms with E-state index >= 15 is 0 Å². The lowest BCUT2D eigenvalue weighted by molar-refractivity contribution is 0.0112. The number of nitrogens with one attached hydrogen (secondary N) is 1. The van der Waals surface area contributed by atoms with Crippen molar-refractivity contribution in [2.24, 2.45) is 5.92 Å². The Hall–Kier alpha value is -0.0800. The van der Waals surface area contributed by atoms with Gasteiger partial charge < -0.3 is 10.1 Å². The third-order valence-electron chi connectivity index (χ3n) is 3.46. The zero-order valence-electron chi connectivity index (χ0n) is 10.8. The Morgan fingerprint density at radius 2 is 2.13 bits per heavy atom. The van der Waals surface area contributed by atoms with E-state index in [1.807, 2.05) is 0 Å². The topological polar surface area (TPSA) is 21.3 Å². The van der Waals surface area contributed by atoms with Crippen molar-refractivity contribution in [3.8, 4) is 0 Å². The monoisotopic (exact) mass is 213 g/mol. The van der Waals surface area contributed by atoms with E-state index in [9.17, 15) is 0 Å². The standard InChI is InChI=1S/C13H27NO/c1-5-10(2)8-11(3)14-13-6-7-15-12(4)9-13/h10-14H,5-9H2,1-4H3. The zero-order chi connectivity index (χ0) is 11.3. The molecule has 2 heteroatoms. The second kappa shape index (κ2) is 6.49. The molecule has 0 aliphatic carbocycles. The van der Waals surface area contributed by atoms with Gasteiger partial charge in [0.15, 0.2) is 0 Å². The summed E-state index contributed by atoms with van der Waals surface area (Å²) in [7, 11) is 0. The molecule has 0 amide bonds. The molecule has 1 aliphatic heterocycles. The summed E-state index contributed by atoms with van der Waals surface area (Å²) in [5.74, 6) is 0.838. The third-order valence-corrected chi connectivity index (χ3v) is 3.46. The Morgan fingerprint density at radius 1 is 1.40 bits per heavy atom. The lowest BCUT2D eigenvalue weighted by Crippen LogP contribution is -2.42. The van der Waals surface area contributed by atoms with Gasteiger partial charge in [-0.1, -0.05) is 20.3 Å². The molecule has 1 heterocycles. The van der Waals surface area contributed by atoms with E-state index < -0.39 is 0 Å². The minimum Gasteiger partial charge on any atom is -0.378 e. The van der Waals surface area contributed by atoms with Crippen LogP contribution in [0.5, 0.6) is 0 Å². The van der Waals surface area contributed by atoms with Crippen LogP contribution in [-0.4, -0.2) is 24.8 Å². The molecule has 2 nitrogen and oxygen atoms in total. The second-order valence-corrected chi connectivity index (χ2v) is 5.22. The first-order chi connectivity index (χ1) is 7.11. The average Bonchev–Trinajstić information content (AvgIpc) is 2.17. The SMILES string of the molecule is CCC(C)CC(C)NC1CCOC(C)C1. The maximum atomic E-state index is 5.55. The highest BCUT2D eigenvalue weighted by Crippen LogP contribution is 2.16. The highest BCUT2D eigenvalue weighted by atomic mass is 16.5. The van der Waals surface area contributed by atoms with Crippen LogP contribution in [0.15, 0.2) is 0 Å². The van der Waals surface area contributed by atoms with Crippen molar-refractivity contribution in [3.63, 3.8) is 0 Å². The van der Waals surface area contributed by atoms with Crippen molar-refractivity contribution in [2.75, 3.05) is 6.61 Å². The molecule has 0 saturated carbocycles. The van der Waals surface area contributed by atoms with Gasteiger partial charge in [-0.25, -0.2) is 0 Å². The smallest absolute Gasteiger partial charge is 0.0561 e. The predicted octanol–water partition coefficient (Wildman–Crippen LogP) is 2.97. The van der Waals surface area contributed by atoms with Gasteiger partial charge >= 0.3 is 0 Å². The molecule has 15 heavy (non-hydrogen) atoms. The highest BCUT2D eigenvalue weighted by Gasteiger charge is 2.20. The summed E-state index contributed by atoms with van der Waals surface area (Å²) < 4.78 is 5.55. The lowest BCUT2D eigenvalue weighted by Gasteiger charge is -2.31. The number of ether oxygens (including phenoxy) is 1. The normalized spacial score (nSPS) is 31.2. The van der Waals surface area contributed by atoms with Gasteiger partial charge in [0.05, 0.1) is 6.10 Å². The van der Waals surface area contributed by atoms with Crippen LogP contribution in [-0.2, 0) is 4.74 Å². The van der Waals surface area contributed by atoms with Gasteiger partial charge in [-0.3, -0.25) is 0 Å². The van der Waals surface area contributed by atoms with Crippen molar-refractivity contribution in [1.29, 1.82) is 0 Å². The molecule has 1 aliphatic rings. The molecule has 1 saturated heterocycles. The largest absolute Gasteiger partial charge is 0.378 e. The second-order valence-electron chi connectivity index (χ2n) is 5.22. The number of rotatable bonds is 5. The van der Waals surface area contributed by atoms with E-state index in [0.29, 0.717) is 18.2 Å². The molecular weight excluding hydrogens is 186 g/mol. The summed E-state index contributed by atoms with van der Waals surface area (Å²) in [6, 6.07) is 1.32. The van der Waals surface area contributed by atoms with Gasteiger partial charge in [-0.05, 0) is 39.0 Å². The Morgan fingerprint density at radius 3 is 2.73 bits per heavy atom. The van der Waals surface area contributed by atoms with Crippen LogP contribution in [0.1, 0.15) is 53.4 Å². The van der Waals surface area contributed by atoms with Gasteiger partial charge in [0, 0.05) is 18.7 Å². The molecule has 1 fully saturated rings. The minimum atomic E-state index is 0.437. The Kier molecular flexibility index (Phi) is 5.62. The summed E-state index contributed by atoms with van der Waals surface area (Å²) in [6.45, 7) is 10.0. The van der Waals surface area contributed by atoms with E-state index in [1.54, 1.807) is 0 Å². The first-order valence-corrected chi connectivity index (χ1v) is 6.49. The van der Waals surface area contributed by atoms with E-state index in [0.717, 1.165) is 12.5 Å². The molecule has 0 aromatic carbocycles. The third kappa shape index (κ3) is 4.98. The first-order valence-electron chi connectivity index (χ1n) is 6.49. The maximum Gasteiger partial charge on any atom is 0.0561 e. The van der Waals surface area contributed by atoms with Crippen molar-refractivity contribution < 1.29 is 4.74 Å². The van der Waals surface area contributed by atoms with Gasteiger partial charge in [0.1, 0.15) is 0 Å². The van der Waals surface area contributed by atoms with Crippen LogP contribution in [0.2, 0.25) is 0 Å². The minimum absolute atomic E-state index is 0.437. The van der Waals surface area contributed by atoms with Crippen LogP contribution in [0, 0.1) is 5.92 Å². The lowest BCUT2D eigenvalue weighted by atomic mass is 9.98. The Bertz CT molecular complexity index is 172. The fourth-order valence-corrected chi connectivity index (χ4v) is 2.39. The van der Waals surface area contributed by atoms with Gasteiger partial charge in [0.25, 0.3) is 0 Å². The molecular formula is C13H27NO. The molecule has 1 rings (SSSR count). The molecule has 90 valence electrons. The van der Waals surface area contributed by atoms with E-state index in [-0.39, 0.29) is 0 Å². The van der Waals surface area contributed by atoms with Crippen molar-refractivity contribution in [1.82, 2.24) is 5.32 Å². The first kappa shape index (κ1) is 13.0. The molecule has 4 unspecified atom stereocenters. The van der Waals surface area contributed by atoms with Gasteiger partial charge in [0.2, 0.25) is 0 Å². The van der Waals surface area contributed by atoms with Crippen molar-refractivity contribution in [3.05, 3.63) is 0 Å². The maximum absolute atomic E-state index is 5.55. The van der Waals surface area contributed by atoms with Crippen LogP contribution in [0.25, 0.3) is 0 Å². The Labute approximate surface area is 94.8 Å². The highest BCUT2D eigenvalue weighted by molar-refractivity contribution is 4.78. The van der Waals surface area contributed by atoms with Crippen LogP contribution < -0.4 is 5.32 Å². The summed E-state index contributed by atoms with van der Waals surface area (Å²) in [6.07, 6.45) is 5.37. The molecule has 0 aromatic heterocycles. The molecule has 1 N–H and O–H groups in total. The zero-order valence-corrected chi connectivity index (χ0v) is 10.8. The predicted molar refractivity (Wildman–Crippen MR) is 65.1 cm³/mol. The van der Waals surface area contributed by atoms with Gasteiger partial charge in [-0.15, -0.1) is 0 Å². The fraction of sp³-hybridized carbons (Fsp3) is 1.00. The number of hydrogen-bond donors (Lipinski definition) is 1. The summed E-state index contributed by atoms with van der Waals surface area (Å²) >= 11 is 0. The summed E-state index contributed by atoms with van der Waals surface area (Å²) in [5, 5.41) is 3.73. The molecule has 0 bridgehead atoms. The fourth-order valence-electron chi connectivity index (χ4n) is 2.39. The van der Waals surface area contributed by atoms with Crippen LogP contribution in [0.4, 0.5) is 0 Å². The van der Waals surface area contributed by atoms with E-state index in [4.69, 9.17) is 4.74 Å². The summed E-state index contributed by atoms with van der Waals surface area (Å²) in [5.41, 5.74) is 0. The van der Waals surface area contributed by atoms with Crippen molar-refractivity contribution in [2.45, 2.75) is 71.6 Å². The quantitative estimate of drug-likeness (QED) is 0.758. The molecule has 0 spiro atoms. The molecule has 0 radical (unpaired) electrons. The average molecular weight is 213 g/mol. The number of hydrogen-bond acceptors (Lipinski definition) is 2. The van der Waals surface area contributed by atoms with Crippen LogP contribution >= 0.6 is 0 Å². The van der Waals surface area contributed by atoms with E-state index in [1.165, 1.54) is 25.7 Å². The van der Waals surface area contributed by atoms with Crippen LogP contribution in [0.3, 0.4) is 0 Å². The molecule has 4 atom stereocenters. The molecule has 0 aromatic rings.